The van der Waals surface area contributed by atoms with E-state index in [1.807, 2.05) is 60.7 Å². The molecular formula is C17H15O2. The van der Waals surface area contributed by atoms with Crippen LogP contribution in [-0.4, -0.2) is 12.6 Å². The van der Waals surface area contributed by atoms with Crippen molar-refractivity contribution in [1.29, 1.82) is 0 Å². The van der Waals surface area contributed by atoms with E-state index in [1.165, 1.54) is 6.08 Å². The minimum Gasteiger partial charge on any atom is -0.461 e. The van der Waals surface area contributed by atoms with Gasteiger partial charge in [0.2, 0.25) is 0 Å². The lowest BCUT2D eigenvalue weighted by atomic mass is 9.92. The maximum absolute atomic E-state index is 11.2. The number of hydrogen-bond donors (Lipinski definition) is 0. The molecule has 0 unspecified atom stereocenters. The molecule has 2 nitrogen and oxygen atoms in total. The summed E-state index contributed by atoms with van der Waals surface area (Å²) in [6, 6.07) is 19.8. The summed E-state index contributed by atoms with van der Waals surface area (Å²) in [7, 11) is 0. The highest BCUT2D eigenvalue weighted by molar-refractivity contribution is 5.81. The van der Waals surface area contributed by atoms with Gasteiger partial charge in [-0.05, 0) is 11.1 Å². The van der Waals surface area contributed by atoms with E-state index in [9.17, 15) is 4.79 Å². The predicted molar refractivity (Wildman–Crippen MR) is 75.5 cm³/mol. The van der Waals surface area contributed by atoms with Gasteiger partial charge in [-0.1, -0.05) is 67.2 Å². The number of benzene rings is 2. The van der Waals surface area contributed by atoms with E-state index in [4.69, 9.17) is 4.74 Å². The number of esters is 1. The summed E-state index contributed by atoms with van der Waals surface area (Å²) in [5.41, 5.74) is 2.09. The van der Waals surface area contributed by atoms with Gasteiger partial charge in [0.05, 0.1) is 5.92 Å². The summed E-state index contributed by atoms with van der Waals surface area (Å²) in [6.07, 6.45) is 1.17. The van der Waals surface area contributed by atoms with Crippen molar-refractivity contribution in [3.63, 3.8) is 0 Å². The Hall–Kier alpha value is -2.35. The molecule has 0 aromatic heterocycles. The van der Waals surface area contributed by atoms with Crippen molar-refractivity contribution in [3.8, 4) is 0 Å². The molecule has 19 heavy (non-hydrogen) atoms. The van der Waals surface area contributed by atoms with E-state index in [0.29, 0.717) is 0 Å². The standard InChI is InChI=1S/C17H15O2/c1-2-17(18)19-13-16(14-9-5-3-6-10-14)15-11-7-4-8-12-15/h2-12H,1,13H2. The Morgan fingerprint density at radius 1 is 0.947 bits per heavy atom. The summed E-state index contributed by atoms with van der Waals surface area (Å²) in [6.45, 7) is 3.64. The Labute approximate surface area is 113 Å². The summed E-state index contributed by atoms with van der Waals surface area (Å²) in [4.78, 5) is 11.2. The average Bonchev–Trinajstić information content (AvgIpc) is 2.49. The van der Waals surface area contributed by atoms with Crippen molar-refractivity contribution < 1.29 is 9.53 Å². The Morgan fingerprint density at radius 2 is 1.42 bits per heavy atom. The number of carbonyl (C=O) groups excluding carboxylic acids is 1. The zero-order valence-electron chi connectivity index (χ0n) is 10.6. The molecule has 95 valence electrons. The van der Waals surface area contributed by atoms with Crippen LogP contribution in [0.2, 0.25) is 0 Å². The first kappa shape index (κ1) is 13.1. The molecule has 0 amide bonds. The fraction of sp³-hybridized carbons (Fsp3) is 0.0588. The highest BCUT2D eigenvalue weighted by atomic mass is 16.5. The van der Waals surface area contributed by atoms with Crippen LogP contribution >= 0.6 is 0 Å². The van der Waals surface area contributed by atoms with E-state index in [1.54, 1.807) is 0 Å². The van der Waals surface area contributed by atoms with Crippen LogP contribution in [0, 0.1) is 5.92 Å². The normalized spacial score (nSPS) is 10.2. The first-order valence-corrected chi connectivity index (χ1v) is 6.07. The average molecular weight is 251 g/mol. The fourth-order valence-electron chi connectivity index (χ4n) is 1.81. The minimum absolute atomic E-state index is 0.235. The van der Waals surface area contributed by atoms with Crippen molar-refractivity contribution in [2.24, 2.45) is 0 Å². The minimum atomic E-state index is -0.413. The van der Waals surface area contributed by atoms with Gasteiger partial charge in [-0.15, -0.1) is 0 Å². The van der Waals surface area contributed by atoms with Gasteiger partial charge in [0, 0.05) is 6.08 Å². The molecule has 2 rings (SSSR count). The summed E-state index contributed by atoms with van der Waals surface area (Å²) in [5.74, 6) is 0.570. The van der Waals surface area contributed by atoms with Crippen LogP contribution in [0.5, 0.6) is 0 Å². The molecular weight excluding hydrogens is 236 g/mol. The molecule has 0 heterocycles. The molecule has 2 heteroatoms. The van der Waals surface area contributed by atoms with Crippen LogP contribution in [0.15, 0.2) is 73.3 Å². The molecule has 0 aliphatic rings. The van der Waals surface area contributed by atoms with E-state index >= 15 is 0 Å². The second kappa shape index (κ2) is 6.55. The number of hydrogen-bond acceptors (Lipinski definition) is 2. The van der Waals surface area contributed by atoms with Gasteiger partial charge in [-0.25, -0.2) is 4.79 Å². The summed E-state index contributed by atoms with van der Waals surface area (Å²) >= 11 is 0. The zero-order chi connectivity index (χ0) is 13.5. The van der Waals surface area contributed by atoms with Crippen molar-refractivity contribution in [3.05, 3.63) is 90.4 Å². The molecule has 2 aromatic carbocycles. The van der Waals surface area contributed by atoms with Gasteiger partial charge in [0.1, 0.15) is 6.61 Å². The van der Waals surface area contributed by atoms with Gasteiger partial charge in [-0.2, -0.15) is 0 Å². The number of carbonyl (C=O) groups is 1. The van der Waals surface area contributed by atoms with Crippen molar-refractivity contribution in [2.75, 3.05) is 6.61 Å². The Morgan fingerprint density at radius 3 is 1.84 bits per heavy atom. The third kappa shape index (κ3) is 3.55. The summed E-state index contributed by atoms with van der Waals surface area (Å²) in [5, 5.41) is 0. The van der Waals surface area contributed by atoms with Crippen LogP contribution < -0.4 is 0 Å². The van der Waals surface area contributed by atoms with Gasteiger partial charge < -0.3 is 4.74 Å². The molecule has 0 bridgehead atoms. The third-order valence-electron chi connectivity index (χ3n) is 2.77. The second-order valence-corrected chi connectivity index (χ2v) is 4.02. The van der Waals surface area contributed by atoms with E-state index in [-0.39, 0.29) is 6.61 Å². The maximum atomic E-state index is 11.2. The predicted octanol–water partition coefficient (Wildman–Crippen LogP) is 3.39. The van der Waals surface area contributed by atoms with Gasteiger partial charge in [-0.3, -0.25) is 0 Å². The van der Waals surface area contributed by atoms with Gasteiger partial charge >= 0.3 is 5.97 Å². The smallest absolute Gasteiger partial charge is 0.330 e. The molecule has 0 spiro atoms. The number of ether oxygens (including phenoxy) is 1. The quantitative estimate of drug-likeness (QED) is 0.601. The lowest BCUT2D eigenvalue weighted by molar-refractivity contribution is -0.137. The third-order valence-corrected chi connectivity index (χ3v) is 2.77. The molecule has 0 saturated heterocycles. The lowest BCUT2D eigenvalue weighted by Crippen LogP contribution is -2.13. The molecule has 0 N–H and O–H groups in total. The van der Waals surface area contributed by atoms with Crippen LogP contribution in [0.25, 0.3) is 0 Å². The van der Waals surface area contributed by atoms with Crippen LogP contribution in [0.1, 0.15) is 11.1 Å². The van der Waals surface area contributed by atoms with E-state index in [0.717, 1.165) is 17.0 Å². The van der Waals surface area contributed by atoms with Gasteiger partial charge in [0.25, 0.3) is 0 Å². The van der Waals surface area contributed by atoms with E-state index in [2.05, 4.69) is 6.58 Å². The Balaban J connectivity index is 2.24. The monoisotopic (exact) mass is 251 g/mol. The Bertz CT molecular complexity index is 492. The lowest BCUT2D eigenvalue weighted by Gasteiger charge is -2.16. The fourth-order valence-corrected chi connectivity index (χ4v) is 1.81. The molecule has 2 aromatic rings. The summed E-state index contributed by atoms with van der Waals surface area (Å²) < 4.78 is 5.17. The first-order chi connectivity index (χ1) is 9.31. The molecule has 0 fully saturated rings. The van der Waals surface area contributed by atoms with Crippen molar-refractivity contribution in [2.45, 2.75) is 0 Å². The van der Waals surface area contributed by atoms with Crippen LogP contribution in [-0.2, 0) is 9.53 Å². The Kier molecular flexibility index (Phi) is 4.51. The first-order valence-electron chi connectivity index (χ1n) is 6.07. The maximum Gasteiger partial charge on any atom is 0.330 e. The second-order valence-electron chi connectivity index (χ2n) is 4.02. The topological polar surface area (TPSA) is 26.3 Å². The molecule has 0 saturated carbocycles. The van der Waals surface area contributed by atoms with Crippen LogP contribution in [0.3, 0.4) is 0 Å². The molecule has 0 aliphatic heterocycles. The van der Waals surface area contributed by atoms with Crippen molar-refractivity contribution in [1.82, 2.24) is 0 Å². The zero-order valence-corrected chi connectivity index (χ0v) is 10.6. The highest BCUT2D eigenvalue weighted by Crippen LogP contribution is 2.23. The van der Waals surface area contributed by atoms with Gasteiger partial charge in [0.15, 0.2) is 0 Å². The largest absolute Gasteiger partial charge is 0.461 e. The van der Waals surface area contributed by atoms with E-state index < -0.39 is 5.97 Å². The SMILES string of the molecule is C=CC(=O)OC[C](c1ccccc1)c1ccccc1. The molecule has 1 radical (unpaired) electrons. The highest BCUT2D eigenvalue weighted by Gasteiger charge is 2.16. The molecule has 0 aliphatic carbocycles. The van der Waals surface area contributed by atoms with Crippen molar-refractivity contribution >= 4 is 5.97 Å². The van der Waals surface area contributed by atoms with Crippen LogP contribution in [0.4, 0.5) is 0 Å². The molecule has 0 atom stereocenters. The number of rotatable bonds is 5.